The average Bonchev–Trinajstić information content (AvgIpc) is 3.52. The third kappa shape index (κ3) is 7.32. The molecule has 0 radical (unpaired) electrons. The molecular weight excluding hydrogens is 556 g/mol. The second-order valence-electron chi connectivity index (χ2n) is 10.8. The minimum atomic E-state index is -0.262. The van der Waals surface area contributed by atoms with Crippen LogP contribution in [0.3, 0.4) is 0 Å². The van der Waals surface area contributed by atoms with E-state index >= 15 is 0 Å². The number of rotatable bonds is 11. The van der Waals surface area contributed by atoms with Crippen LogP contribution in [0.4, 0.5) is 11.4 Å². The number of aliphatic imine (C=N–C) groups is 1. The van der Waals surface area contributed by atoms with Gasteiger partial charge < -0.3 is 26.3 Å². The molecule has 0 bridgehead atoms. The highest BCUT2D eigenvalue weighted by atomic mass is 16.2. The van der Waals surface area contributed by atoms with Crippen LogP contribution in [0.15, 0.2) is 53.5 Å². The highest BCUT2D eigenvalue weighted by molar-refractivity contribution is 6.64. The van der Waals surface area contributed by atoms with Crippen LogP contribution in [0.5, 0.6) is 0 Å². The van der Waals surface area contributed by atoms with Gasteiger partial charge in [0.15, 0.2) is 5.84 Å². The Bertz CT molecular complexity index is 1510. The van der Waals surface area contributed by atoms with E-state index in [1.807, 2.05) is 41.0 Å². The van der Waals surface area contributed by atoms with Crippen LogP contribution in [0, 0.1) is 27.6 Å². The summed E-state index contributed by atoms with van der Waals surface area (Å²) in [5.41, 5.74) is 9.80. The number of hydrogen-bond donors (Lipinski definition) is 6. The summed E-state index contributed by atoms with van der Waals surface area (Å²) in [6.07, 6.45) is 5.75. The highest BCUT2D eigenvalue weighted by Crippen LogP contribution is 2.27. The van der Waals surface area contributed by atoms with Gasteiger partial charge in [-0.2, -0.15) is 0 Å². The molecule has 12 heteroatoms. The van der Waals surface area contributed by atoms with Crippen molar-refractivity contribution in [1.82, 2.24) is 15.1 Å². The Morgan fingerprint density at radius 1 is 1.14 bits per heavy atom. The van der Waals surface area contributed by atoms with E-state index in [9.17, 15) is 9.59 Å². The molecule has 0 saturated carbocycles. The highest BCUT2D eigenvalue weighted by Gasteiger charge is 2.33. The van der Waals surface area contributed by atoms with Crippen molar-refractivity contribution in [1.29, 1.82) is 21.6 Å². The predicted octanol–water partition coefficient (Wildman–Crippen LogP) is 2.87. The smallest absolute Gasteiger partial charge is 0.237 e. The second kappa shape index (κ2) is 14.5. The average molecular weight is 597 g/mol. The molecule has 2 aromatic carbocycles. The van der Waals surface area contributed by atoms with Crippen molar-refractivity contribution >= 4 is 58.6 Å². The van der Waals surface area contributed by atoms with Gasteiger partial charge in [-0.1, -0.05) is 30.3 Å². The lowest BCUT2D eigenvalue weighted by atomic mass is 9.98. The van der Waals surface area contributed by atoms with E-state index < -0.39 is 0 Å². The fourth-order valence-corrected chi connectivity index (χ4v) is 5.50. The first-order valence-electron chi connectivity index (χ1n) is 14.6. The number of likely N-dealkylation sites (tertiary alicyclic amines) is 1. The van der Waals surface area contributed by atoms with E-state index in [1.165, 1.54) is 11.9 Å². The van der Waals surface area contributed by atoms with Crippen molar-refractivity contribution in [3.63, 3.8) is 0 Å². The Morgan fingerprint density at radius 2 is 1.89 bits per heavy atom. The first kappa shape index (κ1) is 32.0. The maximum atomic E-state index is 13.6. The number of amides is 2. The molecule has 2 heterocycles. The van der Waals surface area contributed by atoms with E-state index in [0.717, 1.165) is 23.8 Å². The number of anilines is 2. The van der Waals surface area contributed by atoms with Gasteiger partial charge in [0.2, 0.25) is 11.8 Å². The normalized spacial score (nSPS) is 16.8. The van der Waals surface area contributed by atoms with Crippen molar-refractivity contribution in [2.75, 3.05) is 56.9 Å². The summed E-state index contributed by atoms with van der Waals surface area (Å²) in [6, 6.07) is 12.7. The van der Waals surface area contributed by atoms with Gasteiger partial charge in [-0.3, -0.25) is 30.7 Å². The Hall–Kier alpha value is -4.97. The molecule has 7 N–H and O–H groups in total. The summed E-state index contributed by atoms with van der Waals surface area (Å²) in [6.45, 7) is 4.87. The van der Waals surface area contributed by atoms with Crippen LogP contribution in [0.2, 0.25) is 0 Å². The molecule has 2 aromatic rings. The zero-order valence-electron chi connectivity index (χ0n) is 25.2. The lowest BCUT2D eigenvalue weighted by Gasteiger charge is -2.29. The van der Waals surface area contributed by atoms with Crippen LogP contribution in [0.25, 0.3) is 5.57 Å². The van der Waals surface area contributed by atoms with E-state index in [2.05, 4.69) is 16.4 Å². The van der Waals surface area contributed by atoms with Crippen molar-refractivity contribution in [3.05, 3.63) is 65.2 Å². The summed E-state index contributed by atoms with van der Waals surface area (Å²) in [7, 11) is 1.74. The minimum Gasteiger partial charge on any atom is -0.398 e. The topological polar surface area (TPSA) is 190 Å². The van der Waals surface area contributed by atoms with Gasteiger partial charge in [-0.05, 0) is 55.6 Å². The van der Waals surface area contributed by atoms with Gasteiger partial charge in [0, 0.05) is 61.9 Å². The van der Waals surface area contributed by atoms with E-state index in [-0.39, 0.29) is 41.5 Å². The molecule has 2 aliphatic heterocycles. The number of nitrogens with two attached hydrogens (primary N) is 1. The van der Waals surface area contributed by atoms with Gasteiger partial charge in [-0.25, -0.2) is 4.99 Å². The Morgan fingerprint density at radius 3 is 2.52 bits per heavy atom. The quantitative estimate of drug-likeness (QED) is 0.132. The molecule has 0 unspecified atom stereocenters. The maximum Gasteiger partial charge on any atom is 0.237 e. The van der Waals surface area contributed by atoms with E-state index in [1.54, 1.807) is 30.1 Å². The number of hydrogen-bond acceptors (Lipinski definition) is 8. The molecule has 230 valence electrons. The number of nitrogens with zero attached hydrogens (tertiary/aromatic N) is 4. The lowest BCUT2D eigenvalue weighted by Crippen LogP contribution is -2.42. The van der Waals surface area contributed by atoms with Gasteiger partial charge in [0.1, 0.15) is 0 Å². The molecule has 0 spiro atoms. The SMILES string of the molecule is CCN(C(=O)[C@@H]1CCN(CC(=O)N2CC=C(c3ccc(C(=N)/N=C\NC)cc3)CC2)C1)c1ccc(N)c(C(=N)C(=N)C=N)c1. The van der Waals surface area contributed by atoms with Crippen LogP contribution in [0.1, 0.15) is 36.5 Å². The van der Waals surface area contributed by atoms with Crippen molar-refractivity contribution < 1.29 is 9.59 Å². The number of nitrogens with one attached hydrogen (secondary N) is 5. The molecule has 2 amide bonds. The van der Waals surface area contributed by atoms with E-state index in [0.29, 0.717) is 56.1 Å². The van der Waals surface area contributed by atoms with Gasteiger partial charge in [0.05, 0.1) is 30.2 Å². The Balaban J connectivity index is 1.32. The summed E-state index contributed by atoms with van der Waals surface area (Å²) in [5, 5.41) is 34.1. The Kier molecular flexibility index (Phi) is 10.5. The number of carbonyl (C=O) groups is 2. The maximum absolute atomic E-state index is 13.6. The molecule has 1 atom stereocenters. The lowest BCUT2D eigenvalue weighted by molar-refractivity contribution is -0.132. The summed E-state index contributed by atoms with van der Waals surface area (Å²) < 4.78 is 0. The molecule has 1 fully saturated rings. The first-order chi connectivity index (χ1) is 21.2. The summed E-state index contributed by atoms with van der Waals surface area (Å²) in [4.78, 5) is 36.3. The minimum absolute atomic E-state index is 0.0438. The number of benzene rings is 2. The molecule has 4 rings (SSSR count). The van der Waals surface area contributed by atoms with Gasteiger partial charge in [-0.15, -0.1) is 0 Å². The van der Waals surface area contributed by atoms with Crippen molar-refractivity contribution in [2.45, 2.75) is 19.8 Å². The van der Waals surface area contributed by atoms with Gasteiger partial charge >= 0.3 is 0 Å². The third-order valence-electron chi connectivity index (χ3n) is 8.01. The fourth-order valence-electron chi connectivity index (χ4n) is 5.50. The van der Waals surface area contributed by atoms with Crippen LogP contribution < -0.4 is 16.0 Å². The summed E-state index contributed by atoms with van der Waals surface area (Å²) in [5.74, 6) is -0.0781. The monoisotopic (exact) mass is 596 g/mol. The third-order valence-corrected chi connectivity index (χ3v) is 8.01. The predicted molar refractivity (Wildman–Crippen MR) is 177 cm³/mol. The van der Waals surface area contributed by atoms with Crippen molar-refractivity contribution in [2.24, 2.45) is 10.9 Å². The zero-order valence-corrected chi connectivity index (χ0v) is 25.2. The number of amidine groups is 1. The molecule has 12 nitrogen and oxygen atoms in total. The molecule has 0 aliphatic carbocycles. The largest absolute Gasteiger partial charge is 0.398 e. The Labute approximate surface area is 257 Å². The van der Waals surface area contributed by atoms with Gasteiger partial charge in [0.25, 0.3) is 0 Å². The zero-order chi connectivity index (χ0) is 31.8. The first-order valence-corrected chi connectivity index (χ1v) is 14.6. The van der Waals surface area contributed by atoms with Crippen LogP contribution in [-0.2, 0) is 9.59 Å². The fraction of sp³-hybridized carbons (Fsp3) is 0.344. The molecule has 2 aliphatic rings. The second-order valence-corrected chi connectivity index (χ2v) is 10.8. The molecule has 0 aromatic heterocycles. The van der Waals surface area contributed by atoms with Crippen LogP contribution >= 0.6 is 0 Å². The van der Waals surface area contributed by atoms with Crippen molar-refractivity contribution in [3.8, 4) is 0 Å². The van der Waals surface area contributed by atoms with E-state index in [4.69, 9.17) is 27.4 Å². The molecule has 1 saturated heterocycles. The number of carbonyl (C=O) groups excluding carboxylic acids is 2. The van der Waals surface area contributed by atoms with Crippen LogP contribution in [-0.4, -0.2) is 97.7 Å². The molecule has 44 heavy (non-hydrogen) atoms. The molecular formula is C32H40N10O2. The standard InChI is InChI=1S/C32H40N10O2/c1-3-42(25-8-9-27(34)26(16-25)30(36)28(35)17-33)32(44)24-10-13-40(18-24)19-29(43)41-14-11-22(12-15-41)21-4-6-23(7-5-21)31(37)39-20-38-2/h4-9,11,16-17,20,24,33,35-36H,3,10,12-15,18-19,34H2,1-2H3,(H2,37,38,39)/t24-/m1/s1. The number of nitrogen functional groups attached to an aromatic ring is 1. The summed E-state index contributed by atoms with van der Waals surface area (Å²) >= 11 is 0.